The molecule has 1 saturated heterocycles. The summed E-state index contributed by atoms with van der Waals surface area (Å²) in [6.07, 6.45) is 7.79. The number of hydrogen-bond acceptors (Lipinski definition) is 4. The second-order valence-electron chi connectivity index (χ2n) is 7.15. The molecule has 1 aromatic rings. The van der Waals surface area contributed by atoms with Crippen LogP contribution in [0.2, 0.25) is 5.02 Å². The van der Waals surface area contributed by atoms with Crippen LogP contribution in [0.15, 0.2) is 24.3 Å². The molecule has 136 valence electrons. The third kappa shape index (κ3) is 4.69. The number of ketones is 1. The van der Waals surface area contributed by atoms with E-state index < -0.39 is 0 Å². The van der Waals surface area contributed by atoms with Crippen molar-refractivity contribution in [2.24, 2.45) is 0 Å². The highest BCUT2D eigenvalue weighted by Gasteiger charge is 2.31. The third-order valence-corrected chi connectivity index (χ3v) is 5.88. The third-order valence-electron chi connectivity index (χ3n) is 5.63. The van der Waals surface area contributed by atoms with E-state index in [9.17, 15) is 9.59 Å². The van der Waals surface area contributed by atoms with E-state index in [0.717, 1.165) is 32.5 Å². The van der Waals surface area contributed by atoms with Crippen LogP contribution >= 0.6 is 11.6 Å². The van der Waals surface area contributed by atoms with Gasteiger partial charge in [-0.3, -0.25) is 14.6 Å². The zero-order valence-electron chi connectivity index (χ0n) is 14.7. The van der Waals surface area contributed by atoms with E-state index in [-0.39, 0.29) is 18.2 Å². The second kappa shape index (κ2) is 8.93. The Balaban J connectivity index is 1.62. The van der Waals surface area contributed by atoms with Crippen molar-refractivity contribution in [1.82, 2.24) is 9.80 Å². The summed E-state index contributed by atoms with van der Waals surface area (Å²) in [7, 11) is 0. The molecule has 1 unspecified atom stereocenters. The average molecular weight is 363 g/mol. The molecule has 0 spiro atoms. The second-order valence-corrected chi connectivity index (χ2v) is 7.59. The molecule has 1 atom stereocenters. The maximum atomic E-state index is 12.9. The highest BCUT2D eigenvalue weighted by molar-refractivity contribution is 6.30. The van der Waals surface area contributed by atoms with E-state index in [4.69, 9.17) is 11.6 Å². The van der Waals surface area contributed by atoms with Crippen LogP contribution in [0.1, 0.15) is 48.9 Å². The average Bonchev–Trinajstić information content (AvgIpc) is 2.67. The summed E-state index contributed by atoms with van der Waals surface area (Å²) in [5.74, 6) is 0.0230. The molecule has 0 N–H and O–H groups in total. The van der Waals surface area contributed by atoms with Crippen molar-refractivity contribution >= 4 is 23.7 Å². The molecule has 0 aromatic heterocycles. The molecule has 1 aliphatic heterocycles. The van der Waals surface area contributed by atoms with Gasteiger partial charge in [0, 0.05) is 49.2 Å². The van der Waals surface area contributed by atoms with Gasteiger partial charge in [0.15, 0.2) is 5.78 Å². The van der Waals surface area contributed by atoms with Crippen LogP contribution in [0.5, 0.6) is 0 Å². The lowest BCUT2D eigenvalue weighted by Gasteiger charge is -2.42. The summed E-state index contributed by atoms with van der Waals surface area (Å²) in [5, 5.41) is 0.615. The van der Waals surface area contributed by atoms with E-state index in [2.05, 4.69) is 9.80 Å². The van der Waals surface area contributed by atoms with Crippen molar-refractivity contribution < 1.29 is 9.59 Å². The van der Waals surface area contributed by atoms with Crippen LogP contribution in [0, 0.1) is 0 Å². The van der Waals surface area contributed by atoms with Gasteiger partial charge in [-0.1, -0.05) is 30.9 Å². The number of nitrogens with zero attached hydrogens (tertiary/aromatic N) is 2. The molecule has 0 amide bonds. The normalized spacial score (nSPS) is 21.8. The van der Waals surface area contributed by atoms with Crippen molar-refractivity contribution in [2.45, 2.75) is 50.6 Å². The quantitative estimate of drug-likeness (QED) is 0.574. The fourth-order valence-electron chi connectivity index (χ4n) is 4.18. The Hall–Kier alpha value is -1.23. The van der Waals surface area contributed by atoms with E-state index in [0.29, 0.717) is 16.6 Å². The van der Waals surface area contributed by atoms with Gasteiger partial charge in [0.25, 0.3) is 0 Å². The summed E-state index contributed by atoms with van der Waals surface area (Å²) >= 11 is 5.91. The fraction of sp³-hybridized carbons (Fsp3) is 0.600. The number of aldehydes is 1. The molecule has 0 bridgehead atoms. The largest absolute Gasteiger partial charge is 0.303 e. The molecule has 4 nitrogen and oxygen atoms in total. The van der Waals surface area contributed by atoms with E-state index in [1.165, 1.54) is 32.1 Å². The van der Waals surface area contributed by atoms with Gasteiger partial charge < -0.3 is 4.79 Å². The molecule has 1 aromatic carbocycles. The number of carbonyl (C=O) groups excluding carboxylic acids is 2. The van der Waals surface area contributed by atoms with Crippen LogP contribution in [0.3, 0.4) is 0 Å². The summed E-state index contributed by atoms with van der Waals surface area (Å²) in [6.45, 7) is 3.70. The summed E-state index contributed by atoms with van der Waals surface area (Å²) in [5.41, 5.74) is 0.631. The highest BCUT2D eigenvalue weighted by Crippen LogP contribution is 2.24. The van der Waals surface area contributed by atoms with Crippen molar-refractivity contribution in [2.75, 3.05) is 26.2 Å². The minimum Gasteiger partial charge on any atom is -0.303 e. The van der Waals surface area contributed by atoms with Crippen molar-refractivity contribution in [3.8, 4) is 0 Å². The summed E-state index contributed by atoms with van der Waals surface area (Å²) < 4.78 is 0. The molecular formula is C20H27ClN2O2. The first-order chi connectivity index (χ1) is 12.2. The predicted molar refractivity (Wildman–Crippen MR) is 100 cm³/mol. The van der Waals surface area contributed by atoms with Crippen LogP contribution in [0.25, 0.3) is 0 Å². The lowest BCUT2D eigenvalue weighted by molar-refractivity contribution is -0.108. The van der Waals surface area contributed by atoms with E-state index in [1.807, 2.05) is 0 Å². The maximum Gasteiger partial charge on any atom is 0.180 e. The molecular weight excluding hydrogens is 336 g/mol. The Morgan fingerprint density at radius 2 is 1.72 bits per heavy atom. The lowest BCUT2D eigenvalue weighted by atomic mass is 9.93. The van der Waals surface area contributed by atoms with Gasteiger partial charge in [-0.05, 0) is 37.1 Å². The molecule has 1 aliphatic carbocycles. The standard InChI is InChI=1S/C20H27ClN2O2/c21-17-8-6-16(7-9-17)20(25)19(10-15-24)23-13-11-22(12-14-23)18-4-2-1-3-5-18/h6-9,15,18-19H,1-5,10-14H2. The summed E-state index contributed by atoms with van der Waals surface area (Å²) in [4.78, 5) is 28.8. The Labute approximate surface area is 155 Å². The summed E-state index contributed by atoms with van der Waals surface area (Å²) in [6, 6.07) is 7.32. The molecule has 0 radical (unpaired) electrons. The van der Waals surface area contributed by atoms with Gasteiger partial charge in [-0.2, -0.15) is 0 Å². The Morgan fingerprint density at radius 1 is 1.08 bits per heavy atom. The van der Waals surface area contributed by atoms with Gasteiger partial charge in [-0.15, -0.1) is 0 Å². The van der Waals surface area contributed by atoms with Crippen LogP contribution in [0.4, 0.5) is 0 Å². The Kier molecular flexibility index (Phi) is 6.63. The molecule has 3 rings (SSSR count). The maximum absolute atomic E-state index is 12.9. The van der Waals surface area contributed by atoms with Gasteiger partial charge in [-0.25, -0.2) is 0 Å². The fourth-order valence-corrected chi connectivity index (χ4v) is 4.31. The first-order valence-electron chi connectivity index (χ1n) is 9.40. The molecule has 2 fully saturated rings. The number of piperazine rings is 1. The van der Waals surface area contributed by atoms with Gasteiger partial charge in [0.05, 0.1) is 6.04 Å². The van der Waals surface area contributed by atoms with Gasteiger partial charge >= 0.3 is 0 Å². The van der Waals surface area contributed by atoms with Crippen LogP contribution in [-0.2, 0) is 4.79 Å². The number of benzene rings is 1. The van der Waals surface area contributed by atoms with E-state index in [1.54, 1.807) is 24.3 Å². The zero-order chi connectivity index (χ0) is 17.6. The van der Waals surface area contributed by atoms with Crippen molar-refractivity contribution in [3.63, 3.8) is 0 Å². The SMILES string of the molecule is O=CCC(C(=O)c1ccc(Cl)cc1)N1CCN(C2CCCCC2)CC1. The number of Topliss-reactive ketones (excluding diaryl/α,β-unsaturated/α-hetero) is 1. The molecule has 1 heterocycles. The molecule has 5 heteroatoms. The number of rotatable bonds is 6. The first kappa shape index (κ1) is 18.6. The van der Waals surface area contributed by atoms with Crippen molar-refractivity contribution in [3.05, 3.63) is 34.9 Å². The van der Waals surface area contributed by atoms with Crippen LogP contribution in [-0.4, -0.2) is 60.1 Å². The molecule has 2 aliphatic rings. The number of hydrogen-bond donors (Lipinski definition) is 0. The van der Waals surface area contributed by atoms with Crippen molar-refractivity contribution in [1.29, 1.82) is 0 Å². The molecule has 1 saturated carbocycles. The monoisotopic (exact) mass is 362 g/mol. The van der Waals surface area contributed by atoms with E-state index >= 15 is 0 Å². The van der Waals surface area contributed by atoms with Crippen LogP contribution < -0.4 is 0 Å². The zero-order valence-corrected chi connectivity index (χ0v) is 15.5. The highest BCUT2D eigenvalue weighted by atomic mass is 35.5. The Bertz CT molecular complexity index is 576. The lowest BCUT2D eigenvalue weighted by Crippen LogP contribution is -2.55. The Morgan fingerprint density at radius 3 is 2.32 bits per heavy atom. The topological polar surface area (TPSA) is 40.6 Å². The first-order valence-corrected chi connectivity index (χ1v) is 9.78. The smallest absolute Gasteiger partial charge is 0.180 e. The van der Waals surface area contributed by atoms with Gasteiger partial charge in [0.1, 0.15) is 6.29 Å². The minimum absolute atomic E-state index is 0.0230. The predicted octanol–water partition coefficient (Wildman–Crippen LogP) is 3.43. The number of halogens is 1. The minimum atomic E-state index is -0.354. The molecule has 25 heavy (non-hydrogen) atoms. The van der Waals surface area contributed by atoms with Gasteiger partial charge in [0.2, 0.25) is 0 Å². The number of carbonyl (C=O) groups is 2.